The van der Waals surface area contributed by atoms with Crippen LogP contribution in [0.1, 0.15) is 23.6 Å². The van der Waals surface area contributed by atoms with Crippen LogP contribution in [0.2, 0.25) is 0 Å². The van der Waals surface area contributed by atoms with E-state index in [1.54, 1.807) is 0 Å². The second kappa shape index (κ2) is 7.41. The number of rotatable bonds is 4. The van der Waals surface area contributed by atoms with Crippen molar-refractivity contribution in [1.29, 1.82) is 0 Å². The number of alkyl halides is 3. The van der Waals surface area contributed by atoms with Gasteiger partial charge in [0.1, 0.15) is 5.82 Å². The molecule has 2 heterocycles. The summed E-state index contributed by atoms with van der Waals surface area (Å²) in [6, 6.07) is 0.940. The first-order valence-corrected chi connectivity index (χ1v) is 8.14. The second-order valence-corrected chi connectivity index (χ2v) is 6.32. The first-order valence-electron chi connectivity index (χ1n) is 8.14. The largest absolute Gasteiger partial charge is 0.451 e. The zero-order valence-corrected chi connectivity index (χ0v) is 14.2. The van der Waals surface area contributed by atoms with Crippen LogP contribution < -0.4 is 0 Å². The molecule has 0 spiro atoms. The molecule has 3 rings (SSSR count). The zero-order chi connectivity index (χ0) is 20.6. The van der Waals surface area contributed by atoms with Crippen molar-refractivity contribution < 1.29 is 36.2 Å². The molecule has 0 radical (unpaired) electrons. The summed E-state index contributed by atoms with van der Waals surface area (Å²) in [6.07, 6.45) is -6.96. The number of aliphatic hydroxyl groups is 1. The summed E-state index contributed by atoms with van der Waals surface area (Å²) >= 11 is 0. The highest BCUT2D eigenvalue weighted by Gasteiger charge is 2.40. The molecule has 152 valence electrons. The average molecular weight is 408 g/mol. The van der Waals surface area contributed by atoms with E-state index >= 15 is 0 Å². The summed E-state index contributed by atoms with van der Waals surface area (Å²) in [5.74, 6) is -5.51. The van der Waals surface area contributed by atoms with Gasteiger partial charge in [-0.3, -0.25) is 4.79 Å². The number of aromatic nitrogens is 3. The summed E-state index contributed by atoms with van der Waals surface area (Å²) in [4.78, 5) is 13.5. The molecule has 2 aromatic rings. The Bertz CT molecular complexity index is 898. The van der Waals surface area contributed by atoms with E-state index in [4.69, 9.17) is 0 Å². The van der Waals surface area contributed by atoms with Crippen molar-refractivity contribution >= 4 is 5.91 Å². The summed E-state index contributed by atoms with van der Waals surface area (Å²) < 4.78 is 79.1. The molecular formula is C16H14F6N4O2. The van der Waals surface area contributed by atoms with Gasteiger partial charge >= 0.3 is 6.18 Å². The van der Waals surface area contributed by atoms with Gasteiger partial charge in [0.25, 0.3) is 0 Å². The molecule has 0 fully saturated rings. The smallest absolute Gasteiger partial charge is 0.392 e. The van der Waals surface area contributed by atoms with Crippen LogP contribution in [0.3, 0.4) is 0 Å². The third-order valence-electron chi connectivity index (χ3n) is 4.31. The summed E-state index contributed by atoms with van der Waals surface area (Å²) in [5, 5.41) is 16.5. The van der Waals surface area contributed by atoms with Crippen LogP contribution in [0.4, 0.5) is 26.3 Å². The first-order chi connectivity index (χ1) is 13.1. The molecule has 0 saturated heterocycles. The summed E-state index contributed by atoms with van der Waals surface area (Å²) in [7, 11) is 0. The number of fused-ring (bicyclic) bond motifs is 1. The van der Waals surface area contributed by atoms with Gasteiger partial charge in [-0.1, -0.05) is 0 Å². The van der Waals surface area contributed by atoms with Gasteiger partial charge < -0.3 is 14.6 Å². The lowest BCUT2D eigenvalue weighted by Gasteiger charge is -2.28. The normalized spacial score (nSPS) is 15.5. The Kier molecular flexibility index (Phi) is 5.33. The second-order valence-electron chi connectivity index (χ2n) is 6.32. The third-order valence-corrected chi connectivity index (χ3v) is 4.31. The van der Waals surface area contributed by atoms with Gasteiger partial charge in [0.05, 0.1) is 19.1 Å². The van der Waals surface area contributed by atoms with E-state index < -0.39 is 54.3 Å². The van der Waals surface area contributed by atoms with Crippen molar-refractivity contribution in [1.82, 2.24) is 19.7 Å². The summed E-state index contributed by atoms with van der Waals surface area (Å²) in [6.45, 7) is -0.454. The van der Waals surface area contributed by atoms with Gasteiger partial charge in [0.2, 0.25) is 11.7 Å². The Morgan fingerprint density at radius 2 is 1.79 bits per heavy atom. The molecule has 1 aliphatic rings. The van der Waals surface area contributed by atoms with E-state index in [2.05, 4.69) is 10.2 Å². The van der Waals surface area contributed by atoms with Crippen LogP contribution in [-0.2, 0) is 30.5 Å². The van der Waals surface area contributed by atoms with Crippen molar-refractivity contribution in [2.75, 3.05) is 6.54 Å². The quantitative estimate of drug-likeness (QED) is 0.621. The number of hydrogen-bond acceptors (Lipinski definition) is 4. The fraction of sp³-hybridized carbons (Fsp3) is 0.438. The van der Waals surface area contributed by atoms with Gasteiger partial charge in [-0.2, -0.15) is 13.2 Å². The van der Waals surface area contributed by atoms with Gasteiger partial charge in [0, 0.05) is 25.6 Å². The molecule has 1 unspecified atom stereocenters. The Hall–Kier alpha value is -2.63. The minimum atomic E-state index is -4.66. The third kappa shape index (κ3) is 4.11. The molecule has 0 saturated carbocycles. The number of carbonyl (C=O) groups excluding carboxylic acids is 1. The topological polar surface area (TPSA) is 71.2 Å². The fourth-order valence-electron chi connectivity index (χ4n) is 2.96. The van der Waals surface area contributed by atoms with Crippen LogP contribution in [0.15, 0.2) is 12.1 Å². The SMILES string of the molecule is O=C(CC(O)Cc1cc(F)c(F)cc1F)N1CCn2c(nnc2C(F)(F)F)C1. The monoisotopic (exact) mass is 408 g/mol. The Morgan fingerprint density at radius 1 is 1.11 bits per heavy atom. The lowest BCUT2D eigenvalue weighted by Crippen LogP contribution is -2.40. The average Bonchev–Trinajstić information content (AvgIpc) is 3.03. The van der Waals surface area contributed by atoms with Crippen molar-refractivity contribution in [3.05, 3.63) is 46.8 Å². The maximum atomic E-state index is 13.6. The molecular weight excluding hydrogens is 394 g/mol. The molecule has 0 aliphatic carbocycles. The molecule has 12 heteroatoms. The van der Waals surface area contributed by atoms with E-state index in [1.165, 1.54) is 4.90 Å². The predicted molar refractivity (Wildman–Crippen MR) is 81.1 cm³/mol. The molecule has 1 atom stereocenters. The highest BCUT2D eigenvalue weighted by Crippen LogP contribution is 2.29. The van der Waals surface area contributed by atoms with Crippen molar-refractivity contribution in [3.8, 4) is 0 Å². The standard InChI is InChI=1S/C16H14F6N4O2/c17-10-6-12(19)11(18)4-8(10)3-9(27)5-14(28)25-1-2-26-13(7-25)23-24-15(26)16(20,21)22/h4,6,9,27H,1-3,5,7H2. The maximum Gasteiger partial charge on any atom is 0.451 e. The molecule has 1 aliphatic heterocycles. The Balaban J connectivity index is 1.63. The maximum absolute atomic E-state index is 13.6. The number of aliphatic hydroxyl groups excluding tert-OH is 1. The van der Waals surface area contributed by atoms with Crippen molar-refractivity contribution in [3.63, 3.8) is 0 Å². The van der Waals surface area contributed by atoms with Crippen LogP contribution in [-0.4, -0.2) is 43.3 Å². The van der Waals surface area contributed by atoms with E-state index in [9.17, 15) is 36.2 Å². The number of hydrogen-bond donors (Lipinski definition) is 1. The molecule has 1 aromatic carbocycles. The van der Waals surface area contributed by atoms with E-state index in [0.717, 1.165) is 4.57 Å². The molecule has 0 bridgehead atoms. The lowest BCUT2D eigenvalue weighted by molar-refractivity contribution is -0.148. The molecule has 1 N–H and O–H groups in total. The van der Waals surface area contributed by atoms with Gasteiger partial charge in [-0.05, 0) is 11.6 Å². The van der Waals surface area contributed by atoms with E-state index in [0.29, 0.717) is 12.1 Å². The number of amides is 1. The number of benzene rings is 1. The van der Waals surface area contributed by atoms with Crippen LogP contribution >= 0.6 is 0 Å². The van der Waals surface area contributed by atoms with Gasteiger partial charge in [-0.25, -0.2) is 13.2 Å². The van der Waals surface area contributed by atoms with Gasteiger partial charge in [0.15, 0.2) is 17.5 Å². The molecule has 6 nitrogen and oxygen atoms in total. The Labute approximate surface area is 154 Å². The van der Waals surface area contributed by atoms with Crippen LogP contribution in [0.5, 0.6) is 0 Å². The minimum absolute atomic E-state index is 0.0481. The van der Waals surface area contributed by atoms with Crippen molar-refractivity contribution in [2.24, 2.45) is 0 Å². The highest BCUT2D eigenvalue weighted by molar-refractivity contribution is 5.76. The number of carbonyl (C=O) groups is 1. The molecule has 1 amide bonds. The van der Waals surface area contributed by atoms with Crippen LogP contribution in [0.25, 0.3) is 0 Å². The number of nitrogens with zero attached hydrogens (tertiary/aromatic N) is 4. The summed E-state index contributed by atoms with van der Waals surface area (Å²) in [5.41, 5.74) is -0.299. The van der Waals surface area contributed by atoms with Crippen molar-refractivity contribution in [2.45, 2.75) is 38.2 Å². The van der Waals surface area contributed by atoms with Gasteiger partial charge in [-0.15, -0.1) is 10.2 Å². The molecule has 28 heavy (non-hydrogen) atoms. The minimum Gasteiger partial charge on any atom is -0.392 e. The molecule has 1 aromatic heterocycles. The highest BCUT2D eigenvalue weighted by atomic mass is 19.4. The van der Waals surface area contributed by atoms with Crippen LogP contribution in [0, 0.1) is 17.5 Å². The fourth-order valence-corrected chi connectivity index (χ4v) is 2.96. The lowest BCUT2D eigenvalue weighted by atomic mass is 10.0. The predicted octanol–water partition coefficient (Wildman–Crippen LogP) is 2.05. The van der Waals surface area contributed by atoms with E-state index in [1.807, 2.05) is 0 Å². The first kappa shape index (κ1) is 20.1. The van der Waals surface area contributed by atoms with E-state index in [-0.39, 0.29) is 31.0 Å². The zero-order valence-electron chi connectivity index (χ0n) is 14.2. The Morgan fingerprint density at radius 3 is 2.46 bits per heavy atom. The number of halogens is 6.